The predicted octanol–water partition coefficient (Wildman–Crippen LogP) is 4.02. The molecule has 1 aliphatic rings. The van der Waals surface area contributed by atoms with E-state index in [0.717, 1.165) is 31.2 Å². The maximum absolute atomic E-state index is 14.9. The number of sulfonamides is 1. The Labute approximate surface area is 208 Å². The van der Waals surface area contributed by atoms with E-state index in [2.05, 4.69) is 30.0 Å². The van der Waals surface area contributed by atoms with Gasteiger partial charge in [-0.25, -0.2) is 24.3 Å². The van der Waals surface area contributed by atoms with E-state index in [9.17, 15) is 12.8 Å². The van der Waals surface area contributed by atoms with Crippen LogP contribution in [0.2, 0.25) is 0 Å². The zero-order chi connectivity index (χ0) is 25.3. The van der Waals surface area contributed by atoms with E-state index >= 15 is 0 Å². The summed E-state index contributed by atoms with van der Waals surface area (Å²) in [5.74, 6) is -0.175. The Morgan fingerprint density at radius 3 is 2.56 bits per heavy atom. The Bertz CT molecular complexity index is 1510. The Hall–Kier alpha value is -3.70. The van der Waals surface area contributed by atoms with Crippen molar-refractivity contribution >= 4 is 32.7 Å². The van der Waals surface area contributed by atoms with Crippen molar-refractivity contribution in [2.75, 3.05) is 10.0 Å². The fourth-order valence-electron chi connectivity index (χ4n) is 4.31. The quantitative estimate of drug-likeness (QED) is 0.356. The van der Waals surface area contributed by atoms with Crippen LogP contribution < -0.4 is 15.8 Å². The predicted molar refractivity (Wildman–Crippen MR) is 136 cm³/mol. The van der Waals surface area contributed by atoms with Gasteiger partial charge in [0.2, 0.25) is 5.95 Å². The molecule has 1 aromatic carbocycles. The number of rotatable bonds is 6. The van der Waals surface area contributed by atoms with Gasteiger partial charge >= 0.3 is 0 Å². The van der Waals surface area contributed by atoms with Gasteiger partial charge in [0.1, 0.15) is 11.3 Å². The van der Waals surface area contributed by atoms with Gasteiger partial charge in [-0.2, -0.15) is 8.42 Å². The second-order valence-corrected chi connectivity index (χ2v) is 10.6. The summed E-state index contributed by atoms with van der Waals surface area (Å²) in [6.45, 7) is 1.91. The van der Waals surface area contributed by atoms with E-state index < -0.39 is 15.8 Å². The molecule has 0 bridgehead atoms. The highest BCUT2D eigenvalue weighted by molar-refractivity contribution is 7.92. The first kappa shape index (κ1) is 24.0. The number of hydrogen-bond acceptors (Lipinski definition) is 8. The number of nitrogens with two attached hydrogens (primary N) is 1. The molecule has 5 rings (SSSR count). The Morgan fingerprint density at radius 1 is 1.03 bits per heavy atom. The maximum Gasteiger partial charge on any atom is 0.279 e. The fraction of sp³-hybridized carbons (Fsp3) is 0.280. The summed E-state index contributed by atoms with van der Waals surface area (Å²) in [6.07, 6.45) is 6.94. The van der Waals surface area contributed by atoms with Gasteiger partial charge in [0.05, 0.1) is 23.1 Å². The largest absolute Gasteiger partial charge is 0.351 e. The van der Waals surface area contributed by atoms with Crippen LogP contribution in [0.15, 0.2) is 59.9 Å². The number of pyridine rings is 2. The second-order valence-electron chi connectivity index (χ2n) is 8.98. The van der Waals surface area contributed by atoms with E-state index in [1.165, 1.54) is 24.4 Å². The summed E-state index contributed by atoms with van der Waals surface area (Å²) >= 11 is 0. The van der Waals surface area contributed by atoms with Crippen LogP contribution in [-0.2, 0) is 10.0 Å². The zero-order valence-electron chi connectivity index (χ0n) is 19.6. The van der Waals surface area contributed by atoms with Gasteiger partial charge < -0.3 is 11.1 Å². The molecule has 4 aromatic rings. The van der Waals surface area contributed by atoms with Gasteiger partial charge in [-0.05, 0) is 68.5 Å². The molecular weight excluding hydrogens is 481 g/mol. The van der Waals surface area contributed by atoms with Crippen LogP contribution in [0.4, 0.5) is 16.0 Å². The molecule has 1 fully saturated rings. The monoisotopic (exact) mass is 507 g/mol. The average Bonchev–Trinajstić information content (AvgIpc) is 2.87. The van der Waals surface area contributed by atoms with Crippen molar-refractivity contribution in [3.63, 3.8) is 0 Å². The standard InChI is InChI=1S/C25H26FN7O2S/c1-15-12-21(31-22-14-29-25(32-24(15)22)30-18-8-6-17(27)7-9-18)16-5-10-20(19(26)13-16)33-36(34,35)23-4-2-3-11-28-23/h2-5,10-14,17-18,33H,6-9,27H2,1H3,(H,29,30,32). The Kier molecular flexibility index (Phi) is 6.50. The number of aromatic nitrogens is 4. The van der Waals surface area contributed by atoms with Crippen LogP contribution in [-0.4, -0.2) is 40.4 Å². The van der Waals surface area contributed by atoms with Crippen LogP contribution >= 0.6 is 0 Å². The number of halogens is 1. The first-order valence-electron chi connectivity index (χ1n) is 11.7. The van der Waals surface area contributed by atoms with Crippen LogP contribution in [0, 0.1) is 12.7 Å². The third-order valence-corrected chi connectivity index (χ3v) is 7.55. The van der Waals surface area contributed by atoms with E-state index in [-0.39, 0.29) is 16.8 Å². The summed E-state index contributed by atoms with van der Waals surface area (Å²) in [4.78, 5) is 17.5. The highest BCUT2D eigenvalue weighted by Gasteiger charge is 2.20. The van der Waals surface area contributed by atoms with Crippen LogP contribution in [0.1, 0.15) is 31.2 Å². The minimum Gasteiger partial charge on any atom is -0.351 e. The molecule has 1 saturated carbocycles. The lowest BCUT2D eigenvalue weighted by Gasteiger charge is -2.26. The summed E-state index contributed by atoms with van der Waals surface area (Å²) in [5, 5.41) is 3.20. The molecule has 0 radical (unpaired) electrons. The molecule has 0 saturated heterocycles. The molecule has 0 atom stereocenters. The second kappa shape index (κ2) is 9.75. The van der Waals surface area contributed by atoms with Gasteiger partial charge in [-0.1, -0.05) is 12.1 Å². The van der Waals surface area contributed by atoms with Crippen molar-refractivity contribution < 1.29 is 12.8 Å². The van der Waals surface area contributed by atoms with Crippen molar-refractivity contribution in [1.82, 2.24) is 19.9 Å². The molecule has 9 nitrogen and oxygen atoms in total. The topological polar surface area (TPSA) is 136 Å². The lowest BCUT2D eigenvalue weighted by atomic mass is 9.92. The summed E-state index contributed by atoms with van der Waals surface area (Å²) < 4.78 is 42.1. The minimum absolute atomic E-state index is 0.176. The van der Waals surface area contributed by atoms with Gasteiger partial charge in [0, 0.05) is 23.8 Å². The normalized spacial score (nSPS) is 18.2. The smallest absolute Gasteiger partial charge is 0.279 e. The van der Waals surface area contributed by atoms with E-state index in [0.29, 0.717) is 34.3 Å². The number of benzene rings is 1. The SMILES string of the molecule is Cc1cc(-c2ccc(NS(=O)(=O)c3ccccn3)c(F)c2)nc2cnc(NC3CCC(N)CC3)nc12. The molecule has 0 aliphatic heterocycles. The molecule has 3 heterocycles. The number of hydrogen-bond donors (Lipinski definition) is 3. The molecule has 3 aromatic heterocycles. The molecule has 1 aliphatic carbocycles. The third kappa shape index (κ3) is 5.12. The van der Waals surface area contributed by atoms with Gasteiger partial charge in [0.25, 0.3) is 10.0 Å². The summed E-state index contributed by atoms with van der Waals surface area (Å²) in [5.41, 5.74) is 9.01. The van der Waals surface area contributed by atoms with Crippen molar-refractivity contribution in [2.24, 2.45) is 5.73 Å². The lowest BCUT2D eigenvalue weighted by Crippen LogP contribution is -2.33. The first-order chi connectivity index (χ1) is 17.3. The molecular formula is C25H26FN7O2S. The zero-order valence-corrected chi connectivity index (χ0v) is 20.5. The lowest BCUT2D eigenvalue weighted by molar-refractivity contribution is 0.410. The molecule has 186 valence electrons. The molecule has 0 amide bonds. The molecule has 0 spiro atoms. The number of nitrogens with zero attached hydrogens (tertiary/aromatic N) is 4. The summed E-state index contributed by atoms with van der Waals surface area (Å²) in [6, 6.07) is 11.1. The molecule has 0 unspecified atom stereocenters. The minimum atomic E-state index is -4.01. The highest BCUT2D eigenvalue weighted by Crippen LogP contribution is 2.28. The third-order valence-electron chi connectivity index (χ3n) is 6.26. The average molecular weight is 508 g/mol. The van der Waals surface area contributed by atoms with Gasteiger partial charge in [0.15, 0.2) is 5.03 Å². The number of fused-ring (bicyclic) bond motifs is 1. The molecule has 11 heteroatoms. The Balaban J connectivity index is 1.38. The fourth-order valence-corrected chi connectivity index (χ4v) is 5.32. The van der Waals surface area contributed by atoms with E-state index in [4.69, 9.17) is 5.73 Å². The van der Waals surface area contributed by atoms with E-state index in [1.54, 1.807) is 24.4 Å². The van der Waals surface area contributed by atoms with E-state index in [1.807, 2.05) is 13.0 Å². The molecule has 36 heavy (non-hydrogen) atoms. The van der Waals surface area contributed by atoms with Crippen molar-refractivity contribution in [3.05, 3.63) is 66.2 Å². The highest BCUT2D eigenvalue weighted by atomic mass is 32.2. The maximum atomic E-state index is 14.9. The van der Waals surface area contributed by atoms with Crippen LogP contribution in [0.3, 0.4) is 0 Å². The van der Waals surface area contributed by atoms with Crippen molar-refractivity contribution in [2.45, 2.75) is 49.7 Å². The van der Waals surface area contributed by atoms with Crippen LogP contribution in [0.25, 0.3) is 22.3 Å². The van der Waals surface area contributed by atoms with Gasteiger partial charge in [-0.3, -0.25) is 4.72 Å². The summed E-state index contributed by atoms with van der Waals surface area (Å²) in [7, 11) is -4.01. The van der Waals surface area contributed by atoms with Gasteiger partial charge in [-0.15, -0.1) is 0 Å². The van der Waals surface area contributed by atoms with Crippen molar-refractivity contribution in [1.29, 1.82) is 0 Å². The first-order valence-corrected chi connectivity index (χ1v) is 13.2. The Morgan fingerprint density at radius 2 is 1.83 bits per heavy atom. The number of nitrogens with one attached hydrogen (secondary N) is 2. The van der Waals surface area contributed by atoms with Crippen molar-refractivity contribution in [3.8, 4) is 11.3 Å². The number of aryl methyl sites for hydroxylation is 1. The molecule has 4 N–H and O–H groups in total. The van der Waals surface area contributed by atoms with Crippen LogP contribution in [0.5, 0.6) is 0 Å². The number of anilines is 2.